The number of carboxylic acids is 2. The molecule has 7 amide bonds. The van der Waals surface area contributed by atoms with Crippen molar-refractivity contribution in [3.63, 3.8) is 0 Å². The summed E-state index contributed by atoms with van der Waals surface area (Å²) in [5.74, 6) is -6.55. The number of nitrogens with one attached hydrogen (secondary N) is 7. The molecule has 5 rings (SSSR count). The highest BCUT2D eigenvalue weighted by Crippen LogP contribution is 2.33. The number of halogens is 2. The number of benzene rings is 3. The summed E-state index contributed by atoms with van der Waals surface area (Å²) < 4.78 is 35.4. The first-order chi connectivity index (χ1) is 42.2. The number of nitrogens with two attached hydrogens (primary N) is 1. The summed E-state index contributed by atoms with van der Waals surface area (Å²) in [5.41, 5.74) is 8.00. The van der Waals surface area contributed by atoms with E-state index in [0.29, 0.717) is 102 Å². The number of hydrogen-bond donors (Lipinski definition) is 12. The Morgan fingerprint density at radius 3 is 1.77 bits per heavy atom. The zero-order valence-corrected chi connectivity index (χ0v) is 49.8. The molecule has 0 aromatic heterocycles. The summed E-state index contributed by atoms with van der Waals surface area (Å²) in [5, 5.41) is 54.0. The number of guanidine groups is 1. The molecule has 2 unspecified atom stereocenters. The van der Waals surface area contributed by atoms with Crippen molar-refractivity contribution < 1.29 is 77.1 Å². The van der Waals surface area contributed by atoms with Crippen LogP contribution in [0.1, 0.15) is 74.2 Å². The maximum Gasteiger partial charge on any atom is 0.321 e. The first-order valence-electron chi connectivity index (χ1n) is 29.1. The average molecular weight is 1240 g/mol. The van der Waals surface area contributed by atoms with E-state index in [0.717, 1.165) is 17.7 Å². The Kier molecular flexibility index (Phi) is 32.1. The number of hydrogen-bond acceptors (Lipinski definition) is 17. The number of urea groups is 1. The molecular weight excluding hydrogens is 1150 g/mol. The van der Waals surface area contributed by atoms with Crippen LogP contribution in [-0.4, -0.2) is 229 Å². The normalized spacial score (nSPS) is 15.2. The molecule has 0 aliphatic carbocycles. The lowest BCUT2D eigenvalue weighted by molar-refractivity contribution is -0.140. The van der Waals surface area contributed by atoms with Gasteiger partial charge in [-0.1, -0.05) is 50.2 Å². The Hall–Kier alpha value is -8.58. The third-order valence-corrected chi connectivity index (χ3v) is 14.1. The summed E-state index contributed by atoms with van der Waals surface area (Å²) in [6.45, 7) is 8.77. The van der Waals surface area contributed by atoms with Crippen LogP contribution in [-0.2, 0) is 58.0 Å². The Bertz CT molecular complexity index is 2750. The highest BCUT2D eigenvalue weighted by atomic mass is 19.1. The molecule has 3 aromatic rings. The molecule has 88 heavy (non-hydrogen) atoms. The number of ether oxygens (including phenoxy) is 1. The van der Waals surface area contributed by atoms with Crippen LogP contribution in [0.15, 0.2) is 65.7 Å². The predicted octanol–water partition coefficient (Wildman–Crippen LogP) is -0.0483. The largest absolute Gasteiger partial charge is 0.508 e. The summed E-state index contributed by atoms with van der Waals surface area (Å²) in [6, 6.07) is 13.2. The van der Waals surface area contributed by atoms with Gasteiger partial charge in [-0.15, -0.1) is 0 Å². The fourth-order valence-corrected chi connectivity index (χ4v) is 9.50. The molecule has 30 heteroatoms. The quantitative estimate of drug-likeness (QED) is 0.0180. The lowest BCUT2D eigenvalue weighted by Gasteiger charge is -2.33. The number of carbonyl (C=O) groups is 9. The molecule has 3 aromatic carbocycles. The van der Waals surface area contributed by atoms with Crippen LogP contribution in [0.5, 0.6) is 11.5 Å². The van der Waals surface area contributed by atoms with Gasteiger partial charge >= 0.3 is 18.0 Å². The van der Waals surface area contributed by atoms with Gasteiger partial charge in [-0.3, -0.25) is 68.3 Å². The first kappa shape index (κ1) is 71.9. The van der Waals surface area contributed by atoms with Gasteiger partial charge in [0.2, 0.25) is 29.5 Å². The number of likely N-dealkylation sites (N-methyl/N-ethyl adjacent to an activating group) is 1. The molecule has 1 fully saturated rings. The number of phenolic OH excluding ortho intramolecular Hbond substituents is 1. The molecule has 2 aliphatic heterocycles. The van der Waals surface area contributed by atoms with Crippen molar-refractivity contribution in [1.29, 1.82) is 0 Å². The predicted molar refractivity (Wildman–Crippen MR) is 318 cm³/mol. The van der Waals surface area contributed by atoms with Crippen molar-refractivity contribution in [2.24, 2.45) is 10.7 Å². The number of carboxylic acid groups (broad SMARTS) is 3. The van der Waals surface area contributed by atoms with Crippen LogP contribution in [0.3, 0.4) is 0 Å². The maximum atomic E-state index is 14.7. The standard InChI is InChI=1S/C57H82F2N14O12.CH2O2/c1-3-48(75)63-20-21-65-57(84)68-56(60)64-17-7-11-47(54(82)66-33-44-45(58)31-42(74)32-46(44)59)67-55(83)53(73-34-40-9-5-6-10-41(40)35-73)39-12-14-43(15-13-39)85-30-8-18-61-49(76)16-19-62-50(77)36-70-24-22-69(4-2)23-25-71(37-51(78)79)28-29-72(27-26-70)38-52(80)81;2-1-3/h5-6,9-10,12-15,31-32,47,53,74H,3-4,7-8,11,16-30,33-38H2,1-2H3,(H,61,76)(H,62,77)(H,63,75)(H,66,82)(H,67,83)(H,78,79)(H,80,81)(H4,60,64,65,68,84);1H,(H,2,3). The Balaban J connectivity index is 0.00000540. The van der Waals surface area contributed by atoms with E-state index in [1.54, 1.807) is 41.0 Å². The monoisotopic (exact) mass is 1240 g/mol. The topological polar surface area (TPSA) is 383 Å². The second-order valence-corrected chi connectivity index (χ2v) is 20.6. The smallest absolute Gasteiger partial charge is 0.321 e. The van der Waals surface area contributed by atoms with Crippen molar-refractivity contribution in [2.75, 3.05) is 118 Å². The molecule has 2 atom stereocenters. The van der Waals surface area contributed by atoms with E-state index >= 15 is 0 Å². The molecule has 0 bridgehead atoms. The van der Waals surface area contributed by atoms with Crippen molar-refractivity contribution in [3.05, 3.63) is 94.6 Å². The lowest BCUT2D eigenvalue weighted by atomic mass is 10.0. The van der Waals surface area contributed by atoms with Gasteiger partial charge in [0.25, 0.3) is 6.47 Å². The third-order valence-electron chi connectivity index (χ3n) is 14.1. The first-order valence-corrected chi connectivity index (χ1v) is 29.1. The Morgan fingerprint density at radius 1 is 0.682 bits per heavy atom. The minimum Gasteiger partial charge on any atom is -0.508 e. The number of nitrogens with zero attached hydrogens (tertiary/aromatic N) is 6. The Morgan fingerprint density at radius 2 is 1.22 bits per heavy atom. The van der Waals surface area contributed by atoms with Crippen LogP contribution in [0, 0.1) is 11.6 Å². The summed E-state index contributed by atoms with van der Waals surface area (Å²) in [6.07, 6.45) is 0.904. The Labute approximate surface area is 509 Å². The SMILES string of the molecule is CCC(=O)NCCNC(=O)NC(N)=NCCCC(NC(=O)C(c1ccc(OCCCNC(=O)CCNC(=O)CN2CCN(CC)CCN(CC(=O)O)CCN(CC(=O)O)CC2)cc1)N1Cc2ccccc2C1)C(=O)NCc1c(F)cc(O)cc1F.O=CO. The molecule has 1 saturated heterocycles. The van der Waals surface area contributed by atoms with Gasteiger partial charge in [0, 0.05) is 135 Å². The van der Waals surface area contributed by atoms with Gasteiger partial charge in [-0.25, -0.2) is 13.6 Å². The number of aromatic hydroxyl groups is 1. The number of amides is 7. The second kappa shape index (κ2) is 39.3. The highest BCUT2D eigenvalue weighted by molar-refractivity contribution is 5.95. The maximum absolute atomic E-state index is 14.7. The van der Waals surface area contributed by atoms with Gasteiger partial charge in [0.15, 0.2) is 5.96 Å². The molecule has 484 valence electrons. The fraction of sp³-hybridized carbons (Fsp3) is 0.517. The lowest BCUT2D eigenvalue weighted by Crippen LogP contribution is -2.50. The van der Waals surface area contributed by atoms with E-state index in [4.69, 9.17) is 20.4 Å². The minimum atomic E-state index is -1.25. The van der Waals surface area contributed by atoms with E-state index < -0.39 is 71.4 Å². The molecular formula is C58H84F2N14O14. The van der Waals surface area contributed by atoms with Crippen molar-refractivity contribution >= 4 is 59.9 Å². The van der Waals surface area contributed by atoms with E-state index in [-0.39, 0.29) is 108 Å². The summed E-state index contributed by atoms with van der Waals surface area (Å²) in [4.78, 5) is 123. The molecule has 2 aliphatic rings. The number of rotatable bonds is 30. The van der Waals surface area contributed by atoms with Crippen LogP contribution >= 0.6 is 0 Å². The van der Waals surface area contributed by atoms with Crippen LogP contribution < -0.4 is 47.7 Å². The van der Waals surface area contributed by atoms with Gasteiger partial charge in [-0.05, 0) is 54.6 Å². The molecule has 28 nitrogen and oxygen atoms in total. The fourth-order valence-electron chi connectivity index (χ4n) is 9.50. The third kappa shape index (κ3) is 27.0. The summed E-state index contributed by atoms with van der Waals surface area (Å²) >= 11 is 0. The number of aliphatic imine (C=N–C) groups is 1. The average Bonchev–Trinajstić information content (AvgIpc) is 2.60. The second-order valence-electron chi connectivity index (χ2n) is 20.6. The minimum absolute atomic E-state index is 0.0000251. The molecule has 2 heterocycles. The number of fused-ring (bicyclic) bond motifs is 1. The van der Waals surface area contributed by atoms with Crippen LogP contribution in [0.25, 0.3) is 0 Å². The van der Waals surface area contributed by atoms with Gasteiger partial charge < -0.3 is 67.7 Å². The molecule has 0 saturated carbocycles. The molecule has 0 spiro atoms. The van der Waals surface area contributed by atoms with Crippen LogP contribution in [0.4, 0.5) is 13.6 Å². The van der Waals surface area contributed by atoms with E-state index in [2.05, 4.69) is 47.1 Å². The zero-order chi connectivity index (χ0) is 64.4. The van der Waals surface area contributed by atoms with E-state index in [9.17, 15) is 62.5 Å². The number of aliphatic carboxylic acids is 2. The molecule has 13 N–H and O–H groups in total. The van der Waals surface area contributed by atoms with Crippen molar-refractivity contribution in [3.8, 4) is 11.5 Å². The van der Waals surface area contributed by atoms with Gasteiger partial charge in [-0.2, -0.15) is 0 Å². The summed E-state index contributed by atoms with van der Waals surface area (Å²) in [7, 11) is 0. The van der Waals surface area contributed by atoms with Crippen molar-refractivity contribution in [1.82, 2.24) is 61.7 Å². The van der Waals surface area contributed by atoms with Gasteiger partial charge in [0.05, 0.1) is 26.2 Å². The highest BCUT2D eigenvalue weighted by Gasteiger charge is 2.35. The van der Waals surface area contributed by atoms with Gasteiger partial charge in [0.1, 0.15) is 35.2 Å². The van der Waals surface area contributed by atoms with E-state index in [1.165, 1.54) is 0 Å². The number of phenols is 1. The van der Waals surface area contributed by atoms with Crippen molar-refractivity contribution in [2.45, 2.75) is 77.7 Å². The van der Waals surface area contributed by atoms with E-state index in [1.807, 2.05) is 41.0 Å². The van der Waals surface area contributed by atoms with Crippen LogP contribution in [0.2, 0.25) is 0 Å². The molecule has 0 radical (unpaired) electrons. The zero-order valence-electron chi connectivity index (χ0n) is 49.8. The number of carbonyl (C=O) groups excluding carboxylic acids is 6.